The second-order valence-electron chi connectivity index (χ2n) is 2.67. The highest BCUT2D eigenvalue weighted by atomic mass is 16.4. The van der Waals surface area contributed by atoms with Crippen molar-refractivity contribution in [2.45, 2.75) is 25.3 Å². The lowest BCUT2D eigenvalue weighted by Crippen LogP contribution is -2.33. The summed E-state index contributed by atoms with van der Waals surface area (Å²) in [6, 6.07) is -0.415. The van der Waals surface area contributed by atoms with E-state index in [1.807, 2.05) is 0 Å². The van der Waals surface area contributed by atoms with Gasteiger partial charge in [0, 0.05) is 0 Å². The topological polar surface area (TPSA) is 157 Å². The van der Waals surface area contributed by atoms with Crippen molar-refractivity contribution in [1.29, 1.82) is 10.8 Å². The molecule has 0 radical (unpaired) electrons. The largest absolute Gasteiger partial charge is 0.480 e. The molecule has 1 unspecified atom stereocenters. The van der Waals surface area contributed by atoms with Crippen molar-refractivity contribution in [3.63, 3.8) is 0 Å². The lowest BCUT2D eigenvalue weighted by Gasteiger charge is -2.09. The van der Waals surface area contributed by atoms with Gasteiger partial charge >= 0.3 is 5.97 Å². The minimum atomic E-state index is -0.787. The molecule has 0 aliphatic carbocycles. The molecular weight excluding hydrogens is 228 g/mol. The van der Waals surface area contributed by atoms with E-state index in [2.05, 4.69) is 5.32 Å². The third kappa shape index (κ3) is 24.9. The predicted molar refractivity (Wildman–Crippen MR) is 60.2 cm³/mol. The Morgan fingerprint density at radius 2 is 1.76 bits per heavy atom. The first-order valence-electron chi connectivity index (χ1n) is 4.73. The van der Waals surface area contributed by atoms with Gasteiger partial charge in [-0.25, -0.2) is 20.4 Å². The fraction of sp³-hybridized carbons (Fsp3) is 0.667. The van der Waals surface area contributed by atoms with E-state index in [-0.39, 0.29) is 0 Å². The van der Waals surface area contributed by atoms with E-state index in [1.54, 1.807) is 7.05 Å². The first-order chi connectivity index (χ1) is 8.05. The number of hydrogen-bond donors (Lipinski definition) is 5. The van der Waals surface area contributed by atoms with E-state index in [4.69, 9.17) is 31.2 Å². The Kier molecular flexibility index (Phi) is 23.8. The molecule has 0 aromatic heterocycles. The minimum Gasteiger partial charge on any atom is -0.480 e. The normalized spacial score (nSPS) is 9.29. The summed E-state index contributed by atoms with van der Waals surface area (Å²) >= 11 is 0. The molecule has 0 spiro atoms. The molecule has 0 rings (SSSR count). The molecule has 0 aromatic rings. The van der Waals surface area contributed by atoms with Crippen LogP contribution in [-0.4, -0.2) is 42.9 Å². The van der Waals surface area contributed by atoms with Crippen LogP contribution in [0.25, 0.3) is 0 Å². The third-order valence-corrected chi connectivity index (χ3v) is 1.59. The first-order valence-corrected chi connectivity index (χ1v) is 4.73. The van der Waals surface area contributed by atoms with Crippen LogP contribution >= 0.6 is 0 Å². The van der Waals surface area contributed by atoms with Gasteiger partial charge in [0.1, 0.15) is 6.04 Å². The molecule has 0 saturated heterocycles. The van der Waals surface area contributed by atoms with Crippen LogP contribution in [0, 0.1) is 10.8 Å². The number of carboxylic acid groups (broad SMARTS) is 1. The van der Waals surface area contributed by atoms with Crippen molar-refractivity contribution in [2.75, 3.05) is 13.6 Å². The Morgan fingerprint density at radius 3 is 2.00 bits per heavy atom. The Labute approximate surface area is 99.2 Å². The van der Waals surface area contributed by atoms with Crippen molar-refractivity contribution in [3.05, 3.63) is 0 Å². The first kappa shape index (κ1) is 20.5. The number of isocyanates is 2. The van der Waals surface area contributed by atoms with Crippen LogP contribution in [0.4, 0.5) is 0 Å². The third-order valence-electron chi connectivity index (χ3n) is 1.59. The zero-order valence-corrected chi connectivity index (χ0v) is 9.66. The van der Waals surface area contributed by atoms with E-state index in [0.29, 0.717) is 13.0 Å². The van der Waals surface area contributed by atoms with Crippen molar-refractivity contribution in [1.82, 2.24) is 5.32 Å². The molecule has 0 bridgehead atoms. The molecule has 0 aliphatic rings. The predicted octanol–water partition coefficient (Wildman–Crippen LogP) is -0.410. The molecule has 8 nitrogen and oxygen atoms in total. The Morgan fingerprint density at radius 1 is 1.35 bits per heavy atom. The van der Waals surface area contributed by atoms with E-state index in [9.17, 15) is 4.79 Å². The molecule has 0 saturated carbocycles. The summed E-state index contributed by atoms with van der Waals surface area (Å²) in [7, 11) is 1.65. The van der Waals surface area contributed by atoms with Crippen LogP contribution in [0.3, 0.4) is 0 Å². The molecule has 17 heavy (non-hydrogen) atoms. The average Bonchev–Trinajstić information content (AvgIpc) is 2.26. The lowest BCUT2D eigenvalue weighted by atomic mass is 10.1. The minimum absolute atomic E-state index is 0.415. The number of hydrogen-bond acceptors (Lipinski definition) is 7. The van der Waals surface area contributed by atoms with Gasteiger partial charge in [0.2, 0.25) is 12.2 Å². The van der Waals surface area contributed by atoms with Crippen LogP contribution in [0.15, 0.2) is 0 Å². The number of carboxylic acids is 1. The molecule has 0 aromatic carbocycles. The Balaban J connectivity index is -0.000000273. The van der Waals surface area contributed by atoms with E-state index in [1.165, 1.54) is 0 Å². The summed E-state index contributed by atoms with van der Waals surface area (Å²) in [4.78, 5) is 27.1. The van der Waals surface area contributed by atoms with Crippen LogP contribution in [0.5, 0.6) is 0 Å². The fourth-order valence-electron chi connectivity index (χ4n) is 0.884. The van der Waals surface area contributed by atoms with Gasteiger partial charge < -0.3 is 16.2 Å². The van der Waals surface area contributed by atoms with Crippen molar-refractivity contribution < 1.29 is 19.5 Å². The SMILES string of the molecule is CNC(CCCCN)C(=O)O.N=C=O.N=C=O. The standard InChI is InChI=1S/C7H16N2O2.2CHNO/c1-9-6(7(10)11)4-2-3-5-8;2*2-1-3/h6,9H,2-5,8H2,1H3,(H,10,11);2*2H. The molecule has 0 amide bonds. The number of likely N-dealkylation sites (N-methyl/N-ethyl adjacent to an activating group) is 1. The molecule has 6 N–H and O–H groups in total. The summed E-state index contributed by atoms with van der Waals surface area (Å²) in [5.74, 6) is -0.787. The molecule has 98 valence electrons. The smallest absolute Gasteiger partial charge is 0.320 e. The number of aliphatic carboxylic acids is 1. The van der Waals surface area contributed by atoms with Crippen molar-refractivity contribution in [2.24, 2.45) is 5.73 Å². The van der Waals surface area contributed by atoms with Gasteiger partial charge in [-0.15, -0.1) is 0 Å². The van der Waals surface area contributed by atoms with Gasteiger partial charge in [0.05, 0.1) is 0 Å². The second-order valence-corrected chi connectivity index (χ2v) is 2.67. The van der Waals surface area contributed by atoms with Gasteiger partial charge in [-0.2, -0.15) is 0 Å². The fourth-order valence-corrected chi connectivity index (χ4v) is 0.884. The van der Waals surface area contributed by atoms with Crippen LogP contribution in [-0.2, 0) is 14.4 Å². The molecule has 1 atom stereocenters. The van der Waals surface area contributed by atoms with E-state index >= 15 is 0 Å². The average molecular weight is 246 g/mol. The zero-order valence-electron chi connectivity index (χ0n) is 9.66. The number of carbonyl (C=O) groups excluding carboxylic acids is 2. The van der Waals surface area contributed by atoms with Crippen molar-refractivity contribution >= 4 is 18.1 Å². The highest BCUT2D eigenvalue weighted by molar-refractivity contribution is 5.73. The highest BCUT2D eigenvalue weighted by Crippen LogP contribution is 1.99. The highest BCUT2D eigenvalue weighted by Gasteiger charge is 2.12. The summed E-state index contributed by atoms with van der Waals surface area (Å²) in [5.41, 5.74) is 5.26. The number of nitrogens with one attached hydrogen (secondary N) is 3. The maximum Gasteiger partial charge on any atom is 0.320 e. The van der Waals surface area contributed by atoms with Gasteiger partial charge in [0.15, 0.2) is 0 Å². The van der Waals surface area contributed by atoms with Gasteiger partial charge in [-0.05, 0) is 26.4 Å². The number of nitrogens with two attached hydrogens (primary N) is 1. The molecule has 0 heterocycles. The summed E-state index contributed by atoms with van der Waals surface area (Å²) in [6.07, 6.45) is 3.92. The molecule has 8 heteroatoms. The quantitative estimate of drug-likeness (QED) is 0.243. The Bertz CT molecular complexity index is 233. The number of rotatable bonds is 6. The Hall–Kier alpha value is -1.85. The van der Waals surface area contributed by atoms with Crippen molar-refractivity contribution in [3.8, 4) is 0 Å². The summed E-state index contributed by atoms with van der Waals surface area (Å²) < 4.78 is 0. The van der Waals surface area contributed by atoms with Crippen LogP contribution in [0.1, 0.15) is 19.3 Å². The summed E-state index contributed by atoms with van der Waals surface area (Å²) in [5, 5.41) is 22.1. The second kappa shape index (κ2) is 19.7. The maximum absolute atomic E-state index is 10.4. The maximum atomic E-state index is 10.4. The van der Waals surface area contributed by atoms with Crippen LogP contribution in [0.2, 0.25) is 0 Å². The van der Waals surface area contributed by atoms with Gasteiger partial charge in [-0.1, -0.05) is 6.42 Å². The number of unbranched alkanes of at least 4 members (excludes halogenated alkanes) is 1. The molecular formula is C9H18N4O4. The number of carbonyl (C=O) groups is 1. The summed E-state index contributed by atoms with van der Waals surface area (Å²) in [6.45, 7) is 0.635. The zero-order chi connectivity index (χ0) is 14.1. The molecule has 0 aliphatic heterocycles. The van der Waals surface area contributed by atoms with Gasteiger partial charge in [0.25, 0.3) is 0 Å². The molecule has 0 fully saturated rings. The lowest BCUT2D eigenvalue weighted by molar-refractivity contribution is -0.139. The van der Waals surface area contributed by atoms with Gasteiger partial charge in [-0.3, -0.25) is 4.79 Å². The van der Waals surface area contributed by atoms with E-state index < -0.39 is 12.0 Å². The van der Waals surface area contributed by atoms with E-state index in [0.717, 1.165) is 25.0 Å². The monoisotopic (exact) mass is 246 g/mol. The van der Waals surface area contributed by atoms with Crippen LogP contribution < -0.4 is 11.1 Å².